The highest BCUT2D eigenvalue weighted by atomic mass is 16.2. The van der Waals surface area contributed by atoms with Gasteiger partial charge in [-0.15, -0.1) is 0 Å². The van der Waals surface area contributed by atoms with E-state index in [1.165, 1.54) is 18.5 Å². The second kappa shape index (κ2) is 4.51. The Morgan fingerprint density at radius 3 is 2.94 bits per heavy atom. The molecule has 1 saturated carbocycles. The van der Waals surface area contributed by atoms with E-state index in [1.54, 1.807) is 0 Å². The second-order valence-electron chi connectivity index (χ2n) is 4.51. The van der Waals surface area contributed by atoms with Gasteiger partial charge in [0, 0.05) is 24.5 Å². The van der Waals surface area contributed by atoms with Crippen LogP contribution in [-0.4, -0.2) is 16.9 Å². The molecular formula is C12H16N2O2. The summed E-state index contributed by atoms with van der Waals surface area (Å²) in [6.45, 7) is 2.18. The Kier molecular flexibility index (Phi) is 3.08. The van der Waals surface area contributed by atoms with Gasteiger partial charge < -0.3 is 10.3 Å². The Morgan fingerprint density at radius 2 is 2.31 bits per heavy atom. The number of carbonyl (C=O) groups is 1. The zero-order chi connectivity index (χ0) is 11.5. The summed E-state index contributed by atoms with van der Waals surface area (Å²) < 4.78 is 0. The number of hydrogen-bond acceptors (Lipinski definition) is 2. The van der Waals surface area contributed by atoms with Gasteiger partial charge in [0.25, 0.3) is 5.91 Å². The molecule has 1 aromatic rings. The third-order valence-electron chi connectivity index (χ3n) is 3.10. The zero-order valence-corrected chi connectivity index (χ0v) is 9.32. The molecule has 0 spiro atoms. The van der Waals surface area contributed by atoms with Gasteiger partial charge in [-0.25, -0.2) is 0 Å². The van der Waals surface area contributed by atoms with Crippen LogP contribution in [0.4, 0.5) is 0 Å². The normalized spacial score (nSPS) is 24.3. The van der Waals surface area contributed by atoms with Crippen LogP contribution in [0.15, 0.2) is 23.3 Å². The predicted molar refractivity (Wildman–Crippen MR) is 61.3 cm³/mol. The molecule has 86 valence electrons. The summed E-state index contributed by atoms with van der Waals surface area (Å²) in [4.78, 5) is 26.0. The van der Waals surface area contributed by atoms with Gasteiger partial charge in [0.1, 0.15) is 5.56 Å². The second-order valence-corrected chi connectivity index (χ2v) is 4.51. The summed E-state index contributed by atoms with van der Waals surface area (Å²) in [7, 11) is 0. The Morgan fingerprint density at radius 1 is 1.50 bits per heavy atom. The SMILES string of the molecule is CC1CCC(NC(=O)c2c[nH]ccc2=O)C1. The third-order valence-corrected chi connectivity index (χ3v) is 3.10. The summed E-state index contributed by atoms with van der Waals surface area (Å²) >= 11 is 0. The van der Waals surface area contributed by atoms with Gasteiger partial charge in [-0.2, -0.15) is 0 Å². The number of rotatable bonds is 2. The van der Waals surface area contributed by atoms with Gasteiger partial charge >= 0.3 is 0 Å². The lowest BCUT2D eigenvalue weighted by atomic mass is 10.1. The van der Waals surface area contributed by atoms with Crippen LogP contribution in [0.5, 0.6) is 0 Å². The Hall–Kier alpha value is -1.58. The van der Waals surface area contributed by atoms with Gasteiger partial charge in [0.05, 0.1) is 0 Å². The molecule has 1 aromatic heterocycles. The Bertz CT molecular complexity index is 439. The molecule has 0 aromatic carbocycles. The van der Waals surface area contributed by atoms with Gasteiger partial charge in [-0.05, 0) is 25.2 Å². The van der Waals surface area contributed by atoms with Crippen molar-refractivity contribution in [3.05, 3.63) is 34.2 Å². The van der Waals surface area contributed by atoms with Crippen LogP contribution in [0.2, 0.25) is 0 Å². The number of amides is 1. The lowest BCUT2D eigenvalue weighted by Gasteiger charge is -2.11. The average Bonchev–Trinajstić information content (AvgIpc) is 2.64. The van der Waals surface area contributed by atoms with Crippen molar-refractivity contribution in [2.24, 2.45) is 5.92 Å². The van der Waals surface area contributed by atoms with Crippen molar-refractivity contribution < 1.29 is 4.79 Å². The molecule has 1 heterocycles. The molecule has 1 aliphatic rings. The van der Waals surface area contributed by atoms with Crippen LogP contribution < -0.4 is 10.7 Å². The number of aromatic amines is 1. The molecule has 4 heteroatoms. The van der Waals surface area contributed by atoms with Crippen LogP contribution in [-0.2, 0) is 0 Å². The number of H-pyrrole nitrogens is 1. The first-order valence-corrected chi connectivity index (χ1v) is 5.65. The van der Waals surface area contributed by atoms with Crippen molar-refractivity contribution in [1.29, 1.82) is 0 Å². The van der Waals surface area contributed by atoms with Crippen molar-refractivity contribution in [3.63, 3.8) is 0 Å². The van der Waals surface area contributed by atoms with E-state index >= 15 is 0 Å². The minimum absolute atomic E-state index is 0.196. The monoisotopic (exact) mass is 220 g/mol. The molecule has 1 fully saturated rings. The highest BCUT2D eigenvalue weighted by Gasteiger charge is 2.23. The summed E-state index contributed by atoms with van der Waals surface area (Å²) in [6.07, 6.45) is 6.15. The minimum Gasteiger partial charge on any atom is -0.367 e. The Balaban J connectivity index is 2.04. The molecule has 0 bridgehead atoms. The quantitative estimate of drug-likeness (QED) is 0.789. The van der Waals surface area contributed by atoms with Gasteiger partial charge in [0.15, 0.2) is 5.43 Å². The van der Waals surface area contributed by atoms with Crippen molar-refractivity contribution in [2.75, 3.05) is 0 Å². The van der Waals surface area contributed by atoms with Gasteiger partial charge in [0.2, 0.25) is 0 Å². The van der Waals surface area contributed by atoms with Crippen molar-refractivity contribution in [3.8, 4) is 0 Å². The average molecular weight is 220 g/mol. The van der Waals surface area contributed by atoms with Crippen LogP contribution in [0, 0.1) is 5.92 Å². The van der Waals surface area contributed by atoms with Crippen molar-refractivity contribution in [2.45, 2.75) is 32.2 Å². The largest absolute Gasteiger partial charge is 0.367 e. The molecule has 16 heavy (non-hydrogen) atoms. The molecule has 0 aliphatic heterocycles. The Labute approximate surface area is 94.1 Å². The van der Waals surface area contributed by atoms with Gasteiger partial charge in [-0.3, -0.25) is 9.59 Å². The molecular weight excluding hydrogens is 204 g/mol. The standard InChI is InChI=1S/C12H16N2O2/c1-8-2-3-9(6-8)14-12(16)10-7-13-5-4-11(10)15/h4-5,7-9H,2-3,6H2,1H3,(H,13,15)(H,14,16). The van der Waals surface area contributed by atoms with Crippen LogP contribution in [0.25, 0.3) is 0 Å². The zero-order valence-electron chi connectivity index (χ0n) is 9.32. The molecule has 1 amide bonds. The van der Waals surface area contributed by atoms with Crippen molar-refractivity contribution >= 4 is 5.91 Å². The first-order chi connectivity index (χ1) is 7.66. The fourth-order valence-electron chi connectivity index (χ4n) is 2.19. The molecule has 0 saturated heterocycles. The maximum Gasteiger partial charge on any atom is 0.256 e. The van der Waals surface area contributed by atoms with Crippen molar-refractivity contribution in [1.82, 2.24) is 10.3 Å². The topological polar surface area (TPSA) is 62.0 Å². The number of carbonyl (C=O) groups excluding carboxylic acids is 1. The lowest BCUT2D eigenvalue weighted by Crippen LogP contribution is -2.35. The predicted octanol–water partition coefficient (Wildman–Crippen LogP) is 1.29. The highest BCUT2D eigenvalue weighted by molar-refractivity contribution is 5.93. The molecule has 1 aliphatic carbocycles. The third kappa shape index (κ3) is 2.32. The number of hydrogen-bond donors (Lipinski definition) is 2. The molecule has 2 atom stereocenters. The molecule has 4 nitrogen and oxygen atoms in total. The fraction of sp³-hybridized carbons (Fsp3) is 0.500. The smallest absolute Gasteiger partial charge is 0.256 e. The molecule has 2 rings (SSSR count). The van der Waals surface area contributed by atoms with E-state index in [0.29, 0.717) is 5.92 Å². The first kappa shape index (κ1) is 10.9. The van der Waals surface area contributed by atoms with E-state index in [0.717, 1.165) is 19.3 Å². The molecule has 0 radical (unpaired) electrons. The maximum absolute atomic E-state index is 11.8. The number of pyridine rings is 1. The van der Waals surface area contributed by atoms with E-state index in [-0.39, 0.29) is 22.9 Å². The van der Waals surface area contributed by atoms with E-state index < -0.39 is 0 Å². The summed E-state index contributed by atoms with van der Waals surface area (Å²) in [5, 5.41) is 2.91. The lowest BCUT2D eigenvalue weighted by molar-refractivity contribution is 0.0936. The van der Waals surface area contributed by atoms with E-state index in [2.05, 4.69) is 17.2 Å². The van der Waals surface area contributed by atoms with Gasteiger partial charge in [-0.1, -0.05) is 6.92 Å². The molecule has 2 unspecified atom stereocenters. The summed E-state index contributed by atoms with van der Waals surface area (Å²) in [5.74, 6) is 0.403. The van der Waals surface area contributed by atoms with Crippen LogP contribution >= 0.6 is 0 Å². The number of nitrogens with one attached hydrogen (secondary N) is 2. The summed E-state index contributed by atoms with van der Waals surface area (Å²) in [6, 6.07) is 1.59. The van der Waals surface area contributed by atoms with E-state index in [9.17, 15) is 9.59 Å². The molecule has 2 N–H and O–H groups in total. The maximum atomic E-state index is 11.8. The minimum atomic E-state index is -0.263. The first-order valence-electron chi connectivity index (χ1n) is 5.65. The van der Waals surface area contributed by atoms with Crippen LogP contribution in [0.1, 0.15) is 36.5 Å². The number of aromatic nitrogens is 1. The highest BCUT2D eigenvalue weighted by Crippen LogP contribution is 2.24. The van der Waals surface area contributed by atoms with E-state index in [4.69, 9.17) is 0 Å². The van der Waals surface area contributed by atoms with Crippen LogP contribution in [0.3, 0.4) is 0 Å². The van der Waals surface area contributed by atoms with E-state index in [1.807, 2.05) is 0 Å². The fourth-order valence-corrected chi connectivity index (χ4v) is 2.19. The summed E-state index contributed by atoms with van der Waals surface area (Å²) in [5.41, 5.74) is -0.0376.